The van der Waals surface area contributed by atoms with Gasteiger partial charge in [0, 0.05) is 74.1 Å². The fourth-order valence-electron chi connectivity index (χ4n) is 4.87. The van der Waals surface area contributed by atoms with E-state index in [1.807, 2.05) is 16.8 Å². The summed E-state index contributed by atoms with van der Waals surface area (Å²) in [5.41, 5.74) is 1.47. The molecule has 8 nitrogen and oxygen atoms in total. The number of amides is 1. The highest BCUT2D eigenvalue weighted by atomic mass is 35.5. The molecule has 0 spiro atoms. The maximum absolute atomic E-state index is 14.2. The first-order valence-electron chi connectivity index (χ1n) is 10.6. The van der Waals surface area contributed by atoms with E-state index in [4.69, 9.17) is 11.6 Å². The van der Waals surface area contributed by atoms with Crippen molar-refractivity contribution in [2.45, 2.75) is 13.0 Å². The van der Waals surface area contributed by atoms with E-state index in [0.29, 0.717) is 35.4 Å². The molecule has 2 aliphatic rings. The van der Waals surface area contributed by atoms with E-state index in [2.05, 4.69) is 15.0 Å². The number of anilines is 1. The third-order valence-electron chi connectivity index (χ3n) is 6.53. The molecule has 1 saturated carbocycles. The van der Waals surface area contributed by atoms with Crippen LogP contribution in [-0.4, -0.2) is 56.5 Å². The van der Waals surface area contributed by atoms with Crippen LogP contribution in [-0.2, 0) is 7.05 Å². The Morgan fingerprint density at radius 2 is 1.94 bits per heavy atom. The molecule has 4 heterocycles. The van der Waals surface area contributed by atoms with Gasteiger partial charge in [-0.1, -0.05) is 11.6 Å². The zero-order valence-corrected chi connectivity index (χ0v) is 19.1. The average molecular weight is 469 g/mol. The van der Waals surface area contributed by atoms with Crippen LogP contribution >= 0.6 is 11.6 Å². The van der Waals surface area contributed by atoms with Crippen LogP contribution < -0.4 is 10.5 Å². The molecule has 0 unspecified atom stereocenters. The number of piperidine rings is 1. The molecule has 3 aromatic rings. The summed E-state index contributed by atoms with van der Waals surface area (Å²) in [6.45, 7) is 3.03. The molecule has 0 N–H and O–H groups in total. The standard InChI is InChI=1S/C23H22ClFN6O2/c1-12-6-13(7-19(24)27-12)22(33)31-10-15-16(11-31)21(15)30(3)23-28-18(8-20(32)29(23)2)14-4-5-26-9-17(14)25/h4-9,15-16,21H,10-11H2,1-3H3/t15-,16+,21+. The predicted octanol–water partition coefficient (Wildman–Crippen LogP) is 2.55. The topological polar surface area (TPSA) is 84.2 Å². The predicted molar refractivity (Wildman–Crippen MR) is 122 cm³/mol. The molecule has 3 aromatic heterocycles. The van der Waals surface area contributed by atoms with Gasteiger partial charge in [0.25, 0.3) is 11.5 Å². The Kier molecular flexibility index (Phi) is 5.16. The summed E-state index contributed by atoms with van der Waals surface area (Å²) >= 11 is 6.01. The van der Waals surface area contributed by atoms with Gasteiger partial charge in [-0.3, -0.25) is 19.1 Å². The quantitative estimate of drug-likeness (QED) is 0.547. The van der Waals surface area contributed by atoms with Gasteiger partial charge in [0.15, 0.2) is 5.82 Å². The van der Waals surface area contributed by atoms with Crippen molar-refractivity contribution in [1.82, 2.24) is 24.4 Å². The minimum atomic E-state index is -0.532. The molecule has 1 aliphatic carbocycles. The third kappa shape index (κ3) is 3.76. The fourth-order valence-corrected chi connectivity index (χ4v) is 5.12. The van der Waals surface area contributed by atoms with E-state index < -0.39 is 5.82 Å². The van der Waals surface area contributed by atoms with E-state index in [0.717, 1.165) is 6.20 Å². The number of aromatic nitrogens is 4. The zero-order valence-electron chi connectivity index (χ0n) is 18.4. The number of likely N-dealkylation sites (tertiary alicyclic amines) is 1. The van der Waals surface area contributed by atoms with Crippen LogP contribution in [0.1, 0.15) is 16.1 Å². The number of carbonyl (C=O) groups excluding carboxylic acids is 1. The molecule has 5 rings (SSSR count). The van der Waals surface area contributed by atoms with Gasteiger partial charge in [0.1, 0.15) is 5.15 Å². The number of carbonyl (C=O) groups is 1. The van der Waals surface area contributed by atoms with Gasteiger partial charge in [0.05, 0.1) is 11.9 Å². The summed E-state index contributed by atoms with van der Waals surface area (Å²) < 4.78 is 15.7. The first kappa shape index (κ1) is 21.5. The second-order valence-electron chi connectivity index (χ2n) is 8.65. The molecular weight excluding hydrogens is 447 g/mol. The monoisotopic (exact) mass is 468 g/mol. The van der Waals surface area contributed by atoms with Crippen molar-refractivity contribution < 1.29 is 9.18 Å². The molecule has 3 atom stereocenters. The first-order chi connectivity index (χ1) is 15.7. The molecule has 170 valence electrons. The number of pyridine rings is 2. The van der Waals surface area contributed by atoms with Crippen molar-refractivity contribution >= 4 is 23.5 Å². The minimum absolute atomic E-state index is 0.0586. The van der Waals surface area contributed by atoms with Crippen LogP contribution in [0.15, 0.2) is 41.5 Å². The first-order valence-corrected chi connectivity index (χ1v) is 11.0. The molecule has 0 bridgehead atoms. The lowest BCUT2D eigenvalue weighted by Gasteiger charge is -2.26. The van der Waals surface area contributed by atoms with Crippen LogP contribution in [0.4, 0.5) is 10.3 Å². The number of hydrogen-bond donors (Lipinski definition) is 0. The van der Waals surface area contributed by atoms with Crippen LogP contribution in [0.3, 0.4) is 0 Å². The highest BCUT2D eigenvalue weighted by Gasteiger charge is 2.59. The number of rotatable bonds is 4. The third-order valence-corrected chi connectivity index (χ3v) is 6.72. The molecule has 2 fully saturated rings. The number of hydrogen-bond acceptors (Lipinski definition) is 6. The lowest BCUT2D eigenvalue weighted by Crippen LogP contribution is -2.38. The van der Waals surface area contributed by atoms with E-state index in [9.17, 15) is 14.0 Å². The van der Waals surface area contributed by atoms with Crippen molar-refractivity contribution in [2.24, 2.45) is 18.9 Å². The van der Waals surface area contributed by atoms with E-state index in [-0.39, 0.29) is 40.6 Å². The maximum atomic E-state index is 14.2. The molecule has 33 heavy (non-hydrogen) atoms. The van der Waals surface area contributed by atoms with Crippen molar-refractivity contribution in [1.29, 1.82) is 0 Å². The molecule has 1 aliphatic heterocycles. The Labute approximate surface area is 194 Å². The molecule has 1 amide bonds. The molecule has 0 radical (unpaired) electrons. The minimum Gasteiger partial charge on any atom is -0.342 e. The smallest absolute Gasteiger partial charge is 0.255 e. The summed E-state index contributed by atoms with van der Waals surface area (Å²) in [4.78, 5) is 41.8. The number of nitrogens with zero attached hydrogens (tertiary/aromatic N) is 6. The van der Waals surface area contributed by atoms with Gasteiger partial charge in [-0.25, -0.2) is 14.4 Å². The highest BCUT2D eigenvalue weighted by Crippen LogP contribution is 2.49. The van der Waals surface area contributed by atoms with Crippen LogP contribution in [0.25, 0.3) is 11.3 Å². The van der Waals surface area contributed by atoms with Crippen LogP contribution in [0.5, 0.6) is 0 Å². The van der Waals surface area contributed by atoms with E-state index in [1.54, 1.807) is 26.1 Å². The highest BCUT2D eigenvalue weighted by molar-refractivity contribution is 6.29. The average Bonchev–Trinajstić information content (AvgIpc) is 3.27. The normalized spacial score (nSPS) is 21.1. The zero-order chi connectivity index (χ0) is 23.4. The second-order valence-corrected chi connectivity index (χ2v) is 9.04. The van der Waals surface area contributed by atoms with Gasteiger partial charge in [-0.05, 0) is 25.1 Å². The SMILES string of the molecule is Cc1cc(C(=O)N2C[C@@H]3[C@H](C2)[C@H]3N(C)c2nc(-c3ccncc3F)cc(=O)n2C)cc(Cl)n1. The van der Waals surface area contributed by atoms with Crippen LogP contribution in [0.2, 0.25) is 5.15 Å². The molecular formula is C23H22ClFN6O2. The van der Waals surface area contributed by atoms with Crippen molar-refractivity contribution in [3.63, 3.8) is 0 Å². The van der Waals surface area contributed by atoms with E-state index in [1.165, 1.54) is 22.9 Å². The largest absolute Gasteiger partial charge is 0.342 e. The summed E-state index contributed by atoms with van der Waals surface area (Å²) in [5.74, 6) is 0.418. The summed E-state index contributed by atoms with van der Waals surface area (Å²) in [7, 11) is 3.53. The van der Waals surface area contributed by atoms with Crippen molar-refractivity contribution in [3.8, 4) is 11.3 Å². The van der Waals surface area contributed by atoms with E-state index >= 15 is 0 Å². The lowest BCUT2D eigenvalue weighted by atomic mass is 10.2. The Hall–Kier alpha value is -3.33. The summed E-state index contributed by atoms with van der Waals surface area (Å²) in [6, 6.07) is 6.31. The lowest BCUT2D eigenvalue weighted by molar-refractivity contribution is 0.0772. The Morgan fingerprint density at radius 1 is 1.21 bits per heavy atom. The number of halogens is 2. The van der Waals surface area contributed by atoms with Gasteiger partial charge in [-0.15, -0.1) is 0 Å². The Balaban J connectivity index is 1.35. The molecule has 0 aromatic carbocycles. The van der Waals surface area contributed by atoms with Gasteiger partial charge in [0.2, 0.25) is 5.95 Å². The summed E-state index contributed by atoms with van der Waals surface area (Å²) in [5, 5.41) is 0.304. The van der Waals surface area contributed by atoms with Gasteiger partial charge < -0.3 is 9.80 Å². The molecule has 1 saturated heterocycles. The fraction of sp³-hybridized carbons (Fsp3) is 0.348. The number of fused-ring (bicyclic) bond motifs is 1. The second kappa shape index (κ2) is 7.91. The van der Waals surface area contributed by atoms with Crippen molar-refractivity contribution in [3.05, 3.63) is 69.2 Å². The summed E-state index contributed by atoms with van der Waals surface area (Å²) in [6.07, 6.45) is 2.57. The maximum Gasteiger partial charge on any atom is 0.255 e. The van der Waals surface area contributed by atoms with Crippen molar-refractivity contribution in [2.75, 3.05) is 25.0 Å². The van der Waals surface area contributed by atoms with Gasteiger partial charge in [-0.2, -0.15) is 0 Å². The van der Waals surface area contributed by atoms with Gasteiger partial charge >= 0.3 is 0 Å². The Bertz CT molecular complexity index is 1300. The Morgan fingerprint density at radius 3 is 2.61 bits per heavy atom. The molecule has 10 heteroatoms. The van der Waals surface area contributed by atoms with Crippen LogP contribution in [0, 0.1) is 24.6 Å². The number of aryl methyl sites for hydroxylation is 1.